The van der Waals surface area contributed by atoms with Gasteiger partial charge in [0, 0.05) is 11.8 Å². The standard InChI is InChI=1S/C20H19F6N5O2/c1-9-6-10(15(22)23)7-28-13(9)16(32)30-12-5-4-11(21)14(29-12)18(2)8-33-19(3,17(27)31-18)20(24,25)26/h4-7,15H,8H2,1-3H3,(H2,27,31)(H,29,30,32)/t18-,19+/m0/s1. The van der Waals surface area contributed by atoms with E-state index in [1.807, 2.05) is 0 Å². The van der Waals surface area contributed by atoms with Crippen LogP contribution in [0.4, 0.5) is 32.2 Å². The third kappa shape index (κ3) is 4.49. The molecule has 33 heavy (non-hydrogen) atoms. The summed E-state index contributed by atoms with van der Waals surface area (Å²) in [4.78, 5) is 24.1. The van der Waals surface area contributed by atoms with Crippen LogP contribution in [0.5, 0.6) is 0 Å². The second-order valence-electron chi connectivity index (χ2n) is 7.81. The number of aliphatic imine (C=N–C) groups is 1. The van der Waals surface area contributed by atoms with Crippen LogP contribution in [0.15, 0.2) is 29.4 Å². The number of ether oxygens (including phenoxy) is 1. The lowest BCUT2D eigenvalue weighted by molar-refractivity contribution is -0.249. The zero-order valence-corrected chi connectivity index (χ0v) is 17.6. The van der Waals surface area contributed by atoms with Crippen molar-refractivity contribution in [3.05, 3.63) is 52.7 Å². The fourth-order valence-corrected chi connectivity index (χ4v) is 3.13. The SMILES string of the molecule is Cc1cc(C(F)F)cnc1C(=O)Nc1ccc(F)c([C@]2(C)CO[C@@](C)(C(F)(F)F)C(N)=N2)n1. The molecule has 2 aromatic rings. The number of anilines is 1. The van der Waals surface area contributed by atoms with Crippen molar-refractivity contribution in [2.45, 2.75) is 44.5 Å². The van der Waals surface area contributed by atoms with Gasteiger partial charge in [-0.25, -0.2) is 18.2 Å². The lowest BCUT2D eigenvalue weighted by atomic mass is 9.93. The maximum atomic E-state index is 14.6. The molecule has 0 spiro atoms. The summed E-state index contributed by atoms with van der Waals surface area (Å²) in [5.41, 5.74) is 0.201. The van der Waals surface area contributed by atoms with Crippen LogP contribution in [0.2, 0.25) is 0 Å². The minimum absolute atomic E-state index is 0.164. The number of nitrogens with one attached hydrogen (secondary N) is 1. The summed E-state index contributed by atoms with van der Waals surface area (Å²) in [6.45, 7) is 2.70. The lowest BCUT2D eigenvalue weighted by Gasteiger charge is -2.40. The highest BCUT2D eigenvalue weighted by atomic mass is 19.4. The summed E-state index contributed by atoms with van der Waals surface area (Å²) >= 11 is 0. The number of hydrogen-bond donors (Lipinski definition) is 2. The van der Waals surface area contributed by atoms with Gasteiger partial charge in [-0.05, 0) is 44.5 Å². The van der Waals surface area contributed by atoms with Gasteiger partial charge >= 0.3 is 6.18 Å². The Balaban J connectivity index is 1.91. The van der Waals surface area contributed by atoms with E-state index in [-0.39, 0.29) is 22.6 Å². The van der Waals surface area contributed by atoms with Crippen molar-refractivity contribution in [3.63, 3.8) is 0 Å². The maximum absolute atomic E-state index is 14.6. The molecule has 178 valence electrons. The van der Waals surface area contributed by atoms with Gasteiger partial charge in [-0.3, -0.25) is 14.8 Å². The molecule has 0 aromatic carbocycles. The number of rotatable bonds is 4. The van der Waals surface area contributed by atoms with Crippen molar-refractivity contribution in [2.75, 3.05) is 11.9 Å². The summed E-state index contributed by atoms with van der Waals surface area (Å²) in [6, 6.07) is 3.15. The Morgan fingerprint density at radius 2 is 1.94 bits per heavy atom. The van der Waals surface area contributed by atoms with Gasteiger partial charge in [0.25, 0.3) is 12.3 Å². The summed E-state index contributed by atoms with van der Waals surface area (Å²) in [7, 11) is 0. The molecular formula is C20H19F6N5O2. The minimum Gasteiger partial charge on any atom is -0.385 e. The van der Waals surface area contributed by atoms with Crippen molar-refractivity contribution in [3.8, 4) is 0 Å². The summed E-state index contributed by atoms with van der Waals surface area (Å²) in [5, 5.41) is 2.36. The third-order valence-corrected chi connectivity index (χ3v) is 5.20. The van der Waals surface area contributed by atoms with Crippen molar-refractivity contribution >= 4 is 17.6 Å². The van der Waals surface area contributed by atoms with Crippen molar-refractivity contribution < 1.29 is 35.9 Å². The van der Waals surface area contributed by atoms with Crippen molar-refractivity contribution in [2.24, 2.45) is 10.7 Å². The van der Waals surface area contributed by atoms with Crippen LogP contribution in [-0.2, 0) is 10.3 Å². The normalized spacial score (nSPS) is 23.4. The molecule has 0 saturated heterocycles. The van der Waals surface area contributed by atoms with E-state index in [2.05, 4.69) is 20.3 Å². The summed E-state index contributed by atoms with van der Waals surface area (Å²) in [5.74, 6) is -2.80. The molecule has 0 unspecified atom stereocenters. The van der Waals surface area contributed by atoms with Crippen LogP contribution in [0.3, 0.4) is 0 Å². The number of carbonyl (C=O) groups excluding carboxylic acids is 1. The molecule has 1 aliphatic heterocycles. The monoisotopic (exact) mass is 475 g/mol. The highest BCUT2D eigenvalue weighted by Crippen LogP contribution is 2.41. The molecule has 2 atom stereocenters. The fourth-order valence-electron chi connectivity index (χ4n) is 3.13. The predicted octanol–water partition coefficient (Wildman–Crippen LogP) is 4.04. The first kappa shape index (κ1) is 24.4. The molecule has 7 nitrogen and oxygen atoms in total. The zero-order valence-electron chi connectivity index (χ0n) is 17.6. The van der Waals surface area contributed by atoms with E-state index in [0.717, 1.165) is 24.4 Å². The summed E-state index contributed by atoms with van der Waals surface area (Å²) < 4.78 is 85.0. The first-order valence-electron chi connectivity index (χ1n) is 9.47. The highest BCUT2D eigenvalue weighted by Gasteiger charge is 2.59. The number of pyridine rings is 2. The smallest absolute Gasteiger partial charge is 0.385 e. The van der Waals surface area contributed by atoms with Gasteiger partial charge in [-0.15, -0.1) is 0 Å². The Labute approximate surface area is 184 Å². The van der Waals surface area contributed by atoms with Crippen LogP contribution < -0.4 is 11.1 Å². The van der Waals surface area contributed by atoms with E-state index < -0.39 is 53.6 Å². The van der Waals surface area contributed by atoms with E-state index in [9.17, 15) is 31.1 Å². The van der Waals surface area contributed by atoms with Gasteiger partial charge in [0.2, 0.25) is 5.60 Å². The second kappa shape index (κ2) is 8.28. The molecule has 0 radical (unpaired) electrons. The minimum atomic E-state index is -4.85. The number of halogens is 6. The van der Waals surface area contributed by atoms with Crippen LogP contribution in [0.25, 0.3) is 0 Å². The van der Waals surface area contributed by atoms with Crippen LogP contribution >= 0.6 is 0 Å². The number of alkyl halides is 5. The molecule has 13 heteroatoms. The number of hydrogen-bond acceptors (Lipinski definition) is 6. The molecule has 1 aliphatic rings. The van der Waals surface area contributed by atoms with Gasteiger partial charge in [0.15, 0.2) is 0 Å². The van der Waals surface area contributed by atoms with Crippen molar-refractivity contribution in [1.29, 1.82) is 0 Å². The molecule has 0 bridgehead atoms. The Morgan fingerprint density at radius 1 is 1.27 bits per heavy atom. The first-order chi connectivity index (χ1) is 15.2. The van der Waals surface area contributed by atoms with Gasteiger partial charge in [0.1, 0.15) is 34.4 Å². The zero-order chi connectivity index (χ0) is 24.8. The van der Waals surface area contributed by atoms with Crippen LogP contribution in [0, 0.1) is 12.7 Å². The maximum Gasteiger partial charge on any atom is 0.424 e. The topological polar surface area (TPSA) is 102 Å². The number of aromatic nitrogens is 2. The Hall–Kier alpha value is -3.22. The van der Waals surface area contributed by atoms with E-state index in [4.69, 9.17) is 10.5 Å². The van der Waals surface area contributed by atoms with Gasteiger partial charge in [-0.1, -0.05) is 0 Å². The van der Waals surface area contributed by atoms with Crippen molar-refractivity contribution in [1.82, 2.24) is 9.97 Å². The lowest BCUT2D eigenvalue weighted by Crippen LogP contribution is -2.60. The number of nitrogens with two attached hydrogens (primary N) is 1. The van der Waals surface area contributed by atoms with E-state index in [0.29, 0.717) is 6.92 Å². The molecule has 3 heterocycles. The average Bonchev–Trinajstić information content (AvgIpc) is 2.71. The molecular weight excluding hydrogens is 456 g/mol. The fraction of sp³-hybridized carbons (Fsp3) is 0.400. The quantitative estimate of drug-likeness (QED) is 0.650. The largest absolute Gasteiger partial charge is 0.424 e. The molecule has 1 amide bonds. The van der Waals surface area contributed by atoms with E-state index >= 15 is 0 Å². The number of aryl methyl sites for hydroxylation is 1. The summed E-state index contributed by atoms with van der Waals surface area (Å²) in [6.07, 6.45) is -6.76. The Kier molecular flexibility index (Phi) is 6.13. The van der Waals surface area contributed by atoms with Crippen LogP contribution in [-0.4, -0.2) is 40.1 Å². The second-order valence-corrected chi connectivity index (χ2v) is 7.81. The Bertz CT molecular complexity index is 1120. The number of carbonyl (C=O) groups is 1. The Morgan fingerprint density at radius 3 is 2.48 bits per heavy atom. The average molecular weight is 475 g/mol. The number of amides is 1. The van der Waals surface area contributed by atoms with E-state index in [1.54, 1.807) is 0 Å². The van der Waals surface area contributed by atoms with Crippen LogP contribution in [0.1, 0.15) is 47.6 Å². The molecule has 3 N–H and O–H groups in total. The van der Waals surface area contributed by atoms with E-state index in [1.165, 1.54) is 13.8 Å². The van der Waals surface area contributed by atoms with Gasteiger partial charge in [-0.2, -0.15) is 13.2 Å². The number of amidine groups is 1. The molecule has 0 aliphatic carbocycles. The number of nitrogens with zero attached hydrogens (tertiary/aromatic N) is 3. The molecule has 2 aromatic heterocycles. The van der Waals surface area contributed by atoms with Gasteiger partial charge < -0.3 is 15.8 Å². The molecule has 0 saturated carbocycles. The molecule has 0 fully saturated rings. The first-order valence-corrected chi connectivity index (χ1v) is 9.47. The van der Waals surface area contributed by atoms with Gasteiger partial charge in [0.05, 0.1) is 6.61 Å². The molecule has 3 rings (SSSR count). The highest BCUT2D eigenvalue weighted by molar-refractivity contribution is 6.03. The predicted molar refractivity (Wildman–Crippen MR) is 105 cm³/mol. The third-order valence-electron chi connectivity index (χ3n) is 5.20.